The zero-order chi connectivity index (χ0) is 27.9. The Balaban J connectivity index is 0.00000294. The van der Waals surface area contributed by atoms with Crippen LogP contribution in [0, 0.1) is 10.8 Å². The number of hydrogen-bond donors (Lipinski definition) is 3. The van der Waals surface area contributed by atoms with Gasteiger partial charge in [0, 0.05) is 49.3 Å². The van der Waals surface area contributed by atoms with E-state index in [-0.39, 0.29) is 68.2 Å². The first-order chi connectivity index (χ1) is 18.7. The topological polar surface area (TPSA) is 133 Å². The van der Waals surface area contributed by atoms with E-state index in [1.54, 1.807) is 43.0 Å². The number of nitrogens with one attached hydrogen (secondary N) is 2. The molecule has 4 N–H and O–H groups in total. The van der Waals surface area contributed by atoms with Crippen molar-refractivity contribution in [2.24, 2.45) is 5.73 Å². The number of piperidine rings is 1. The van der Waals surface area contributed by atoms with Gasteiger partial charge in [0.1, 0.15) is 17.7 Å². The second-order valence-electron chi connectivity index (χ2n) is 9.59. The van der Waals surface area contributed by atoms with Gasteiger partial charge in [0.15, 0.2) is 0 Å². The van der Waals surface area contributed by atoms with Gasteiger partial charge in [-0.25, -0.2) is 0 Å². The molecule has 0 saturated carbocycles. The first kappa shape index (κ1) is 33.4. The number of carbonyl (C=O) groups is 2. The SMILES string of the molecule is CCOC(=O)CCN(C(=O)c1ccc2ccc(C(=N)N)cc2c1)c1ccc(OC2CCN(C(C)=N)CC2)cc1.Cl.Cl. The van der Waals surface area contributed by atoms with Gasteiger partial charge in [-0.2, -0.15) is 0 Å². The van der Waals surface area contributed by atoms with Gasteiger partial charge in [0.25, 0.3) is 5.91 Å². The molecule has 11 heteroatoms. The molecule has 1 fully saturated rings. The fourth-order valence-electron chi connectivity index (χ4n) is 4.69. The predicted molar refractivity (Wildman–Crippen MR) is 167 cm³/mol. The fraction of sp³-hybridized carbons (Fsp3) is 0.333. The highest BCUT2D eigenvalue weighted by atomic mass is 35.5. The molecule has 220 valence electrons. The summed E-state index contributed by atoms with van der Waals surface area (Å²) in [6.45, 7) is 5.59. The van der Waals surface area contributed by atoms with Crippen LogP contribution >= 0.6 is 24.8 Å². The van der Waals surface area contributed by atoms with Crippen molar-refractivity contribution in [3.05, 3.63) is 71.8 Å². The lowest BCUT2D eigenvalue weighted by atomic mass is 10.0. The van der Waals surface area contributed by atoms with Crippen molar-refractivity contribution in [1.29, 1.82) is 10.8 Å². The summed E-state index contributed by atoms with van der Waals surface area (Å²) in [6, 6.07) is 18.2. The van der Waals surface area contributed by atoms with Crippen LogP contribution in [0.3, 0.4) is 0 Å². The monoisotopic (exact) mass is 601 g/mol. The molecule has 3 aromatic rings. The van der Waals surface area contributed by atoms with Crippen LogP contribution in [0.15, 0.2) is 60.7 Å². The third-order valence-electron chi connectivity index (χ3n) is 6.86. The van der Waals surface area contributed by atoms with E-state index in [0.29, 0.717) is 28.4 Å². The van der Waals surface area contributed by atoms with Gasteiger partial charge in [-0.3, -0.25) is 20.4 Å². The molecule has 0 bridgehead atoms. The summed E-state index contributed by atoms with van der Waals surface area (Å²) in [5.74, 6) is 0.631. The largest absolute Gasteiger partial charge is 0.490 e. The number of amides is 1. The smallest absolute Gasteiger partial charge is 0.307 e. The number of nitrogen functional groups attached to an aromatic ring is 1. The van der Waals surface area contributed by atoms with Crippen molar-refractivity contribution >= 4 is 64.8 Å². The molecule has 0 spiro atoms. The number of carbonyl (C=O) groups excluding carboxylic acids is 2. The van der Waals surface area contributed by atoms with E-state index >= 15 is 0 Å². The normalized spacial score (nSPS) is 13.0. The van der Waals surface area contributed by atoms with Gasteiger partial charge in [0.2, 0.25) is 0 Å². The minimum absolute atomic E-state index is 0. The molecule has 1 aliphatic rings. The number of amidine groups is 2. The second-order valence-corrected chi connectivity index (χ2v) is 9.59. The van der Waals surface area contributed by atoms with Gasteiger partial charge in [0.05, 0.1) is 18.9 Å². The third kappa shape index (κ3) is 8.58. The van der Waals surface area contributed by atoms with E-state index in [0.717, 1.165) is 36.7 Å². The van der Waals surface area contributed by atoms with Gasteiger partial charge >= 0.3 is 5.97 Å². The molecule has 0 aromatic heterocycles. The number of rotatable bonds is 9. The van der Waals surface area contributed by atoms with E-state index < -0.39 is 0 Å². The molecule has 0 atom stereocenters. The Morgan fingerprint density at radius 1 is 0.951 bits per heavy atom. The zero-order valence-electron chi connectivity index (χ0n) is 23.2. The Morgan fingerprint density at radius 2 is 1.56 bits per heavy atom. The van der Waals surface area contributed by atoms with Gasteiger partial charge in [-0.15, -0.1) is 24.8 Å². The molecule has 0 aliphatic carbocycles. The average molecular weight is 603 g/mol. The Morgan fingerprint density at radius 3 is 2.15 bits per heavy atom. The third-order valence-corrected chi connectivity index (χ3v) is 6.86. The lowest BCUT2D eigenvalue weighted by Gasteiger charge is -2.32. The van der Waals surface area contributed by atoms with Crippen LogP contribution in [0.1, 0.15) is 49.0 Å². The molecule has 4 rings (SSSR count). The molecule has 1 heterocycles. The highest BCUT2D eigenvalue weighted by Crippen LogP contribution is 2.26. The van der Waals surface area contributed by atoms with Crippen molar-refractivity contribution in [3.8, 4) is 5.75 Å². The minimum Gasteiger partial charge on any atom is -0.490 e. The summed E-state index contributed by atoms with van der Waals surface area (Å²) in [5, 5.41) is 17.2. The lowest BCUT2D eigenvalue weighted by molar-refractivity contribution is -0.142. The van der Waals surface area contributed by atoms with E-state index in [1.165, 1.54) is 0 Å². The average Bonchev–Trinajstić information content (AvgIpc) is 2.93. The van der Waals surface area contributed by atoms with Crippen LogP contribution in [0.2, 0.25) is 0 Å². The number of benzene rings is 3. The molecule has 1 aliphatic heterocycles. The summed E-state index contributed by atoms with van der Waals surface area (Å²) in [5.41, 5.74) is 7.34. The number of halogens is 2. The van der Waals surface area contributed by atoms with Crippen LogP contribution in [0.4, 0.5) is 5.69 Å². The highest BCUT2D eigenvalue weighted by Gasteiger charge is 2.22. The summed E-state index contributed by atoms with van der Waals surface area (Å²) >= 11 is 0. The zero-order valence-corrected chi connectivity index (χ0v) is 24.9. The Bertz CT molecular complexity index is 1380. The highest BCUT2D eigenvalue weighted by molar-refractivity contribution is 6.09. The van der Waals surface area contributed by atoms with Crippen LogP contribution < -0.4 is 15.4 Å². The Kier molecular flexibility index (Phi) is 12.4. The molecular weight excluding hydrogens is 565 g/mol. The Hall–Kier alpha value is -3.82. The van der Waals surface area contributed by atoms with Crippen molar-refractivity contribution in [1.82, 2.24) is 4.90 Å². The molecule has 9 nitrogen and oxygen atoms in total. The maximum Gasteiger partial charge on any atom is 0.307 e. The van der Waals surface area contributed by atoms with Crippen LogP contribution in [-0.2, 0) is 9.53 Å². The molecule has 1 amide bonds. The van der Waals surface area contributed by atoms with E-state index in [2.05, 4.69) is 0 Å². The van der Waals surface area contributed by atoms with Crippen LogP contribution in [0.25, 0.3) is 10.8 Å². The second kappa shape index (κ2) is 15.3. The number of anilines is 1. The predicted octanol–water partition coefficient (Wildman–Crippen LogP) is 5.41. The summed E-state index contributed by atoms with van der Waals surface area (Å²) in [4.78, 5) is 29.5. The van der Waals surface area contributed by atoms with Gasteiger partial charge < -0.3 is 25.0 Å². The molecule has 41 heavy (non-hydrogen) atoms. The Labute approximate surface area is 252 Å². The standard InChI is InChI=1S/C30H35N5O4.2ClH/c1-3-38-28(36)14-17-35(30(37)23-7-5-21-4-6-22(29(32)33)18-24(21)19-23)25-8-10-26(11-9-25)39-27-12-15-34(16-13-27)20(2)31;;/h4-11,18-19,27,31H,3,12-17H2,1-2H3,(H3,32,33);2*1H. The summed E-state index contributed by atoms with van der Waals surface area (Å²) in [7, 11) is 0. The van der Waals surface area contributed by atoms with Crippen LogP contribution in [0.5, 0.6) is 5.75 Å². The fourth-order valence-corrected chi connectivity index (χ4v) is 4.69. The summed E-state index contributed by atoms with van der Waals surface area (Å²) < 4.78 is 11.3. The molecule has 0 unspecified atom stereocenters. The van der Waals surface area contributed by atoms with E-state index in [1.807, 2.05) is 41.3 Å². The molecule has 3 aromatic carbocycles. The number of esters is 1. The molecular formula is C30H37Cl2N5O4. The number of fused-ring (bicyclic) bond motifs is 1. The van der Waals surface area contributed by atoms with E-state index in [4.69, 9.17) is 26.0 Å². The maximum atomic E-state index is 13.7. The number of nitrogens with two attached hydrogens (primary N) is 1. The van der Waals surface area contributed by atoms with Crippen molar-refractivity contribution in [3.63, 3.8) is 0 Å². The lowest BCUT2D eigenvalue weighted by Crippen LogP contribution is -2.40. The number of nitrogens with zero attached hydrogens (tertiary/aromatic N) is 2. The van der Waals surface area contributed by atoms with Crippen molar-refractivity contribution in [2.75, 3.05) is 31.1 Å². The van der Waals surface area contributed by atoms with Crippen LogP contribution in [-0.4, -0.2) is 60.8 Å². The molecule has 0 radical (unpaired) electrons. The van der Waals surface area contributed by atoms with E-state index in [9.17, 15) is 9.59 Å². The number of hydrogen-bond acceptors (Lipinski definition) is 6. The number of likely N-dealkylation sites (tertiary alicyclic amines) is 1. The first-order valence-electron chi connectivity index (χ1n) is 13.2. The molecule has 1 saturated heterocycles. The van der Waals surface area contributed by atoms with Crippen molar-refractivity contribution < 1.29 is 19.1 Å². The number of ether oxygens (including phenoxy) is 2. The van der Waals surface area contributed by atoms with Crippen molar-refractivity contribution in [2.45, 2.75) is 39.2 Å². The maximum absolute atomic E-state index is 13.7. The quantitative estimate of drug-likeness (QED) is 0.171. The summed E-state index contributed by atoms with van der Waals surface area (Å²) in [6.07, 6.45) is 1.82. The minimum atomic E-state index is -0.369. The van der Waals surface area contributed by atoms with Gasteiger partial charge in [-0.1, -0.05) is 18.2 Å². The van der Waals surface area contributed by atoms with Gasteiger partial charge in [-0.05, 0) is 67.1 Å². The first-order valence-corrected chi connectivity index (χ1v) is 13.2.